The third-order valence-electron chi connectivity index (χ3n) is 3.77. The van der Waals surface area contributed by atoms with Crippen molar-refractivity contribution >= 4 is 51.9 Å². The van der Waals surface area contributed by atoms with Crippen LogP contribution in [0.25, 0.3) is 0 Å². The van der Waals surface area contributed by atoms with Crippen molar-refractivity contribution in [2.75, 3.05) is 10.6 Å². The first-order valence-corrected chi connectivity index (χ1v) is 9.26. The van der Waals surface area contributed by atoms with Crippen molar-refractivity contribution in [2.24, 2.45) is 0 Å². The van der Waals surface area contributed by atoms with Crippen LogP contribution in [0.2, 0.25) is 5.02 Å². The van der Waals surface area contributed by atoms with Crippen LogP contribution in [-0.4, -0.2) is 17.6 Å². The van der Waals surface area contributed by atoms with E-state index in [9.17, 15) is 14.4 Å². The van der Waals surface area contributed by atoms with Gasteiger partial charge in [0.05, 0.1) is 15.6 Å². The Morgan fingerprint density at radius 3 is 2.22 bits per heavy atom. The number of carbonyl (C=O) groups excluding carboxylic acids is 3. The van der Waals surface area contributed by atoms with Gasteiger partial charge in [0.2, 0.25) is 0 Å². The zero-order valence-electron chi connectivity index (χ0n) is 14.3. The summed E-state index contributed by atoms with van der Waals surface area (Å²) in [6.45, 7) is 1.48. The van der Waals surface area contributed by atoms with E-state index in [1.807, 2.05) is 0 Å². The van der Waals surface area contributed by atoms with Crippen LogP contribution in [0, 0.1) is 0 Å². The summed E-state index contributed by atoms with van der Waals surface area (Å²) in [6, 6.07) is 14.7. The first-order chi connectivity index (χ1) is 12.9. The Morgan fingerprint density at radius 1 is 0.889 bits per heavy atom. The smallest absolute Gasteiger partial charge is 0.265 e. The van der Waals surface area contributed by atoms with Crippen LogP contribution in [0.3, 0.4) is 0 Å². The number of Topliss-reactive ketones (excluding diaryl/α,β-unsaturated/α-hetero) is 1. The fourth-order valence-electron chi connectivity index (χ4n) is 2.35. The first-order valence-electron chi connectivity index (χ1n) is 8.01. The summed E-state index contributed by atoms with van der Waals surface area (Å²) in [6.07, 6.45) is 0. The van der Waals surface area contributed by atoms with E-state index in [2.05, 4.69) is 10.6 Å². The molecule has 1 heterocycles. The molecule has 7 heteroatoms. The lowest BCUT2D eigenvalue weighted by atomic mass is 10.1. The number of rotatable bonds is 5. The van der Waals surface area contributed by atoms with Crippen molar-refractivity contribution in [3.8, 4) is 0 Å². The highest BCUT2D eigenvalue weighted by Gasteiger charge is 2.13. The van der Waals surface area contributed by atoms with Gasteiger partial charge in [0.15, 0.2) is 5.78 Å². The van der Waals surface area contributed by atoms with Gasteiger partial charge in [0.25, 0.3) is 11.8 Å². The van der Waals surface area contributed by atoms with E-state index < -0.39 is 0 Å². The number of nitrogens with one attached hydrogen (secondary N) is 2. The van der Waals surface area contributed by atoms with Crippen LogP contribution in [0.5, 0.6) is 0 Å². The standard InChI is InChI=1S/C20H15ClN2O3S/c1-12(24)13-4-7-15(8-5-13)22-19(25)14-6-9-16(21)17(11-14)23-20(26)18-3-2-10-27-18/h2-11H,1H3,(H,22,25)(H,23,26). The number of ketones is 1. The Bertz CT molecular complexity index is 999. The van der Waals surface area contributed by atoms with Gasteiger partial charge in [0.1, 0.15) is 0 Å². The van der Waals surface area contributed by atoms with Gasteiger partial charge in [-0.1, -0.05) is 17.7 Å². The van der Waals surface area contributed by atoms with Crippen molar-refractivity contribution in [1.82, 2.24) is 0 Å². The van der Waals surface area contributed by atoms with Crippen molar-refractivity contribution in [3.63, 3.8) is 0 Å². The van der Waals surface area contributed by atoms with Gasteiger partial charge in [0, 0.05) is 16.8 Å². The molecule has 0 aliphatic heterocycles. The average molecular weight is 399 g/mol. The van der Waals surface area contributed by atoms with Crippen molar-refractivity contribution < 1.29 is 14.4 Å². The number of halogens is 1. The molecule has 0 saturated carbocycles. The molecule has 5 nitrogen and oxygen atoms in total. The average Bonchev–Trinajstić information content (AvgIpc) is 3.18. The number of benzene rings is 2. The van der Waals surface area contributed by atoms with Gasteiger partial charge in [-0.2, -0.15) is 0 Å². The van der Waals surface area contributed by atoms with E-state index in [1.165, 1.54) is 24.3 Å². The quantitative estimate of drug-likeness (QED) is 0.586. The van der Waals surface area contributed by atoms with E-state index in [0.717, 1.165) is 0 Å². The van der Waals surface area contributed by atoms with Gasteiger partial charge in [-0.05, 0) is 60.8 Å². The van der Waals surface area contributed by atoms with Crippen LogP contribution in [0.15, 0.2) is 60.0 Å². The SMILES string of the molecule is CC(=O)c1ccc(NC(=O)c2ccc(Cl)c(NC(=O)c3cccs3)c2)cc1. The summed E-state index contributed by atoms with van der Waals surface area (Å²) in [4.78, 5) is 36.5. The molecule has 2 aromatic carbocycles. The Labute approximate surface area is 165 Å². The van der Waals surface area contributed by atoms with Gasteiger partial charge < -0.3 is 10.6 Å². The maximum Gasteiger partial charge on any atom is 0.265 e. The highest BCUT2D eigenvalue weighted by Crippen LogP contribution is 2.25. The van der Waals surface area contributed by atoms with Gasteiger partial charge >= 0.3 is 0 Å². The molecule has 0 fully saturated rings. The molecule has 2 amide bonds. The van der Waals surface area contributed by atoms with Gasteiger partial charge in [-0.15, -0.1) is 11.3 Å². The molecule has 0 spiro atoms. The minimum absolute atomic E-state index is 0.0447. The van der Waals surface area contributed by atoms with Crippen LogP contribution in [0.4, 0.5) is 11.4 Å². The highest BCUT2D eigenvalue weighted by atomic mass is 35.5. The van der Waals surface area contributed by atoms with Crippen molar-refractivity contribution in [1.29, 1.82) is 0 Å². The minimum Gasteiger partial charge on any atom is -0.322 e. The van der Waals surface area contributed by atoms with Gasteiger partial charge in [-0.3, -0.25) is 14.4 Å². The summed E-state index contributed by atoms with van der Waals surface area (Å²) in [5.74, 6) is -0.685. The van der Waals surface area contributed by atoms with Crippen LogP contribution in [0.1, 0.15) is 37.3 Å². The molecule has 3 rings (SSSR count). The Balaban J connectivity index is 1.75. The molecule has 0 bridgehead atoms. The molecular formula is C20H15ClN2O3S. The first kappa shape index (κ1) is 18.8. The molecule has 27 heavy (non-hydrogen) atoms. The molecule has 3 aromatic rings. The lowest BCUT2D eigenvalue weighted by Crippen LogP contribution is -2.14. The number of amides is 2. The molecule has 0 aliphatic carbocycles. The topological polar surface area (TPSA) is 75.3 Å². The fourth-order valence-corrected chi connectivity index (χ4v) is 3.13. The summed E-state index contributed by atoms with van der Waals surface area (Å²) >= 11 is 7.45. The molecule has 0 saturated heterocycles. The van der Waals surface area contributed by atoms with Crippen molar-refractivity contribution in [2.45, 2.75) is 6.92 Å². The number of thiophene rings is 1. The summed E-state index contributed by atoms with van der Waals surface area (Å²) in [5, 5.41) is 7.60. The number of anilines is 2. The summed E-state index contributed by atoms with van der Waals surface area (Å²) in [7, 11) is 0. The zero-order chi connectivity index (χ0) is 19.4. The largest absolute Gasteiger partial charge is 0.322 e. The molecule has 0 radical (unpaired) electrons. The molecule has 0 atom stereocenters. The van der Waals surface area contributed by atoms with Gasteiger partial charge in [-0.25, -0.2) is 0 Å². The minimum atomic E-state index is -0.353. The van der Waals surface area contributed by atoms with Crippen LogP contribution >= 0.6 is 22.9 Å². The second-order valence-electron chi connectivity index (χ2n) is 5.71. The zero-order valence-corrected chi connectivity index (χ0v) is 15.9. The predicted octanol–water partition coefficient (Wildman–Crippen LogP) is 5.11. The third kappa shape index (κ3) is 4.61. The molecule has 1 aromatic heterocycles. The highest BCUT2D eigenvalue weighted by molar-refractivity contribution is 7.12. The number of hydrogen-bond acceptors (Lipinski definition) is 4. The summed E-state index contributed by atoms with van der Waals surface area (Å²) < 4.78 is 0. The molecule has 0 aliphatic rings. The second-order valence-corrected chi connectivity index (χ2v) is 7.07. The monoisotopic (exact) mass is 398 g/mol. The normalized spacial score (nSPS) is 10.3. The van der Waals surface area contributed by atoms with E-state index in [4.69, 9.17) is 11.6 Å². The van der Waals surface area contributed by atoms with E-state index in [0.29, 0.717) is 32.4 Å². The maximum absolute atomic E-state index is 12.5. The Morgan fingerprint density at radius 2 is 1.59 bits per heavy atom. The predicted molar refractivity (Wildman–Crippen MR) is 108 cm³/mol. The van der Waals surface area contributed by atoms with E-state index >= 15 is 0 Å². The molecular weight excluding hydrogens is 384 g/mol. The lowest BCUT2D eigenvalue weighted by molar-refractivity contribution is 0.101. The number of carbonyl (C=O) groups is 3. The van der Waals surface area contributed by atoms with E-state index in [1.54, 1.807) is 53.9 Å². The maximum atomic E-state index is 12.5. The second kappa shape index (κ2) is 8.16. The fraction of sp³-hybridized carbons (Fsp3) is 0.0500. The molecule has 136 valence electrons. The lowest BCUT2D eigenvalue weighted by Gasteiger charge is -2.10. The van der Waals surface area contributed by atoms with Crippen LogP contribution in [-0.2, 0) is 0 Å². The Kier molecular flexibility index (Phi) is 5.69. The third-order valence-corrected chi connectivity index (χ3v) is 4.97. The molecule has 0 unspecified atom stereocenters. The number of hydrogen-bond donors (Lipinski definition) is 2. The van der Waals surface area contributed by atoms with E-state index in [-0.39, 0.29) is 17.6 Å². The van der Waals surface area contributed by atoms with Crippen molar-refractivity contribution in [3.05, 3.63) is 81.0 Å². The Hall–Kier alpha value is -2.96. The van der Waals surface area contributed by atoms with Crippen LogP contribution < -0.4 is 10.6 Å². The molecule has 2 N–H and O–H groups in total. The summed E-state index contributed by atoms with van der Waals surface area (Å²) in [5.41, 5.74) is 1.83.